The molecule has 0 bridgehead atoms. The van der Waals surface area contributed by atoms with Crippen LogP contribution in [-0.4, -0.2) is 41.2 Å². The van der Waals surface area contributed by atoms with Gasteiger partial charge in [-0.05, 0) is 79.4 Å². The molecule has 1 aromatic heterocycles. The summed E-state index contributed by atoms with van der Waals surface area (Å²) in [6.07, 6.45) is 0. The molecule has 0 spiro atoms. The number of rotatable bonds is 8. The molecule has 1 N–H and O–H groups in total. The second kappa shape index (κ2) is 12.4. The molecule has 0 aliphatic rings. The van der Waals surface area contributed by atoms with Crippen LogP contribution in [0.4, 0.5) is 0 Å². The predicted octanol–water partition coefficient (Wildman–Crippen LogP) is 7.70. The van der Waals surface area contributed by atoms with Crippen LogP contribution in [0.1, 0.15) is 28.5 Å². The van der Waals surface area contributed by atoms with Gasteiger partial charge in [0.05, 0.1) is 22.2 Å². The predicted molar refractivity (Wildman–Crippen MR) is 154 cm³/mol. The zero-order chi connectivity index (χ0) is 25.1. The third kappa shape index (κ3) is 5.87. The molecule has 9 heteroatoms. The maximum Gasteiger partial charge on any atom is 0.340 e. The first-order valence-electron chi connectivity index (χ1n) is 11.1. The lowest BCUT2D eigenvalue weighted by Crippen LogP contribution is -2.13. The molecule has 0 aliphatic heterocycles. The zero-order valence-corrected chi connectivity index (χ0v) is 24.1. The number of nitrogens with zero attached hydrogens (tertiary/aromatic N) is 2. The highest BCUT2D eigenvalue weighted by Gasteiger charge is 2.29. The van der Waals surface area contributed by atoms with Crippen molar-refractivity contribution in [3.05, 3.63) is 87.0 Å². The molecule has 0 saturated carbocycles. The largest absolute Gasteiger partial charge is 0.506 e. The molecule has 36 heavy (non-hydrogen) atoms. The lowest BCUT2D eigenvalue weighted by atomic mass is 10.0. The normalized spacial score (nSPS) is 11.1. The van der Waals surface area contributed by atoms with Crippen LogP contribution in [0.3, 0.4) is 0 Å². The van der Waals surface area contributed by atoms with Gasteiger partial charge in [0.15, 0.2) is 0 Å². The second-order valence-corrected chi connectivity index (χ2v) is 10.6. The number of halogens is 3. The Kier molecular flexibility index (Phi) is 9.78. The number of carbonyl (C=O) groups is 1. The Morgan fingerprint density at radius 2 is 1.81 bits per heavy atom. The molecule has 0 saturated heterocycles. The van der Waals surface area contributed by atoms with Crippen LogP contribution in [0.15, 0.2) is 70.0 Å². The Bertz CT molecular complexity index is 1360. The molecular formula is C27H27BrCl2N2O3S. The van der Waals surface area contributed by atoms with Gasteiger partial charge in [-0.1, -0.05) is 29.8 Å². The van der Waals surface area contributed by atoms with E-state index in [9.17, 15) is 9.90 Å². The number of fused-ring (bicyclic) bond motifs is 1. The smallest absolute Gasteiger partial charge is 0.340 e. The molecule has 0 unspecified atom stereocenters. The number of hydrogen-bond donors (Lipinski definition) is 1. The third-order valence-electron chi connectivity index (χ3n) is 5.54. The van der Waals surface area contributed by atoms with Gasteiger partial charge in [-0.15, -0.1) is 24.2 Å². The van der Waals surface area contributed by atoms with E-state index in [0.717, 1.165) is 21.8 Å². The number of benzene rings is 3. The van der Waals surface area contributed by atoms with Gasteiger partial charge in [0, 0.05) is 44.5 Å². The van der Waals surface area contributed by atoms with E-state index in [1.54, 1.807) is 18.7 Å². The van der Waals surface area contributed by atoms with E-state index in [1.807, 2.05) is 79.7 Å². The van der Waals surface area contributed by atoms with Crippen molar-refractivity contribution in [2.24, 2.45) is 0 Å². The molecule has 4 aromatic rings. The molecule has 0 radical (unpaired) electrons. The number of phenolic OH excluding ortho intramolecular Hbond substituents is 1. The van der Waals surface area contributed by atoms with E-state index >= 15 is 0 Å². The summed E-state index contributed by atoms with van der Waals surface area (Å²) >= 11 is 11.4. The third-order valence-corrected chi connectivity index (χ3v) is 7.42. The monoisotopic (exact) mass is 608 g/mol. The summed E-state index contributed by atoms with van der Waals surface area (Å²) in [7, 11) is 3.86. The Balaban J connectivity index is 0.00000361. The number of hydrogen-bond acceptors (Lipinski definition) is 5. The summed E-state index contributed by atoms with van der Waals surface area (Å²) in [5, 5.41) is 12.4. The van der Waals surface area contributed by atoms with Crippen LogP contribution in [0.2, 0.25) is 5.02 Å². The second-order valence-electron chi connectivity index (χ2n) is 8.27. The minimum Gasteiger partial charge on any atom is -0.506 e. The Hall–Kier alpha value is -2.16. The number of thioether (sulfide) groups is 1. The van der Waals surface area contributed by atoms with Crippen LogP contribution in [-0.2, 0) is 17.0 Å². The average Bonchev–Trinajstić information content (AvgIpc) is 3.15. The van der Waals surface area contributed by atoms with E-state index in [1.165, 1.54) is 0 Å². The van der Waals surface area contributed by atoms with Crippen molar-refractivity contribution in [2.75, 3.05) is 20.7 Å². The minimum absolute atomic E-state index is 0. The summed E-state index contributed by atoms with van der Waals surface area (Å²) in [5.41, 5.74) is 3.61. The number of aromatic nitrogens is 1. The summed E-state index contributed by atoms with van der Waals surface area (Å²) in [5.74, 6) is 0.234. The fraction of sp³-hybridized carbons (Fsp3) is 0.222. The SMILES string of the molecule is CCOC(=O)c1c(CSc2ccccc2)n(-c2ccc(Cl)cc2)c2cc(Br)c(O)c(CN(C)C)c12.Cl. The van der Waals surface area contributed by atoms with Crippen molar-refractivity contribution < 1.29 is 14.6 Å². The fourth-order valence-corrected chi connectivity index (χ4v) is 5.63. The van der Waals surface area contributed by atoms with Gasteiger partial charge in [0.25, 0.3) is 0 Å². The van der Waals surface area contributed by atoms with Crippen LogP contribution >= 0.6 is 51.7 Å². The molecule has 0 aliphatic carbocycles. The Labute approximate surface area is 234 Å². The van der Waals surface area contributed by atoms with Crippen LogP contribution in [0.25, 0.3) is 16.6 Å². The summed E-state index contributed by atoms with van der Waals surface area (Å²) in [6, 6.07) is 19.4. The number of carbonyl (C=O) groups excluding carboxylic acids is 1. The van der Waals surface area contributed by atoms with Gasteiger partial charge in [-0.3, -0.25) is 0 Å². The van der Waals surface area contributed by atoms with Crippen molar-refractivity contribution in [2.45, 2.75) is 24.1 Å². The first-order valence-corrected chi connectivity index (χ1v) is 13.3. The zero-order valence-electron chi connectivity index (χ0n) is 20.1. The summed E-state index contributed by atoms with van der Waals surface area (Å²) < 4.78 is 8.17. The quantitative estimate of drug-likeness (QED) is 0.164. The maximum atomic E-state index is 13.5. The fourth-order valence-electron chi connectivity index (χ4n) is 4.12. The molecule has 5 nitrogen and oxygen atoms in total. The van der Waals surface area contributed by atoms with Crippen molar-refractivity contribution in [3.8, 4) is 11.4 Å². The Morgan fingerprint density at radius 3 is 2.42 bits per heavy atom. The molecule has 1 heterocycles. The highest BCUT2D eigenvalue weighted by Crippen LogP contribution is 2.42. The van der Waals surface area contributed by atoms with Crippen molar-refractivity contribution in [1.82, 2.24) is 9.47 Å². The number of phenols is 1. The number of aromatic hydroxyl groups is 1. The molecule has 190 valence electrons. The van der Waals surface area contributed by atoms with Gasteiger partial charge in [0.1, 0.15) is 5.75 Å². The van der Waals surface area contributed by atoms with Gasteiger partial charge in [-0.2, -0.15) is 0 Å². The molecule has 4 rings (SSSR count). The molecular weight excluding hydrogens is 583 g/mol. The highest BCUT2D eigenvalue weighted by molar-refractivity contribution is 9.10. The van der Waals surface area contributed by atoms with Crippen molar-refractivity contribution in [1.29, 1.82) is 0 Å². The maximum absolute atomic E-state index is 13.5. The van der Waals surface area contributed by atoms with Crippen LogP contribution in [0, 0.1) is 0 Å². The van der Waals surface area contributed by atoms with E-state index in [2.05, 4.69) is 20.5 Å². The summed E-state index contributed by atoms with van der Waals surface area (Å²) in [6.45, 7) is 2.50. The highest BCUT2D eigenvalue weighted by atomic mass is 79.9. The minimum atomic E-state index is -0.407. The van der Waals surface area contributed by atoms with Gasteiger partial charge in [0.2, 0.25) is 0 Å². The molecule has 3 aromatic carbocycles. The van der Waals surface area contributed by atoms with E-state index in [4.69, 9.17) is 16.3 Å². The van der Waals surface area contributed by atoms with E-state index in [0.29, 0.717) is 38.3 Å². The first kappa shape index (κ1) is 28.4. The molecule has 0 fully saturated rings. The van der Waals surface area contributed by atoms with Crippen LogP contribution in [0.5, 0.6) is 5.75 Å². The number of ether oxygens (including phenoxy) is 1. The van der Waals surface area contributed by atoms with Gasteiger partial charge in [-0.25, -0.2) is 4.79 Å². The first-order chi connectivity index (χ1) is 16.8. The standard InChI is InChI=1S/C27H26BrClN2O3S.ClH/c1-4-34-27(33)25-23(16-35-19-8-6-5-7-9-19)31(18-12-10-17(29)11-13-18)22-14-21(28)26(32)20(24(22)25)15-30(2)3;/h5-14,32H,4,15-16H2,1-3H3;1H. The average molecular weight is 610 g/mol. The van der Waals surface area contributed by atoms with Crippen LogP contribution < -0.4 is 0 Å². The topological polar surface area (TPSA) is 54.7 Å². The van der Waals surface area contributed by atoms with Gasteiger partial charge >= 0.3 is 5.97 Å². The summed E-state index contributed by atoms with van der Waals surface area (Å²) in [4.78, 5) is 16.5. The Morgan fingerprint density at radius 1 is 1.14 bits per heavy atom. The lowest BCUT2D eigenvalue weighted by molar-refractivity contribution is 0.0527. The lowest BCUT2D eigenvalue weighted by Gasteiger charge is -2.15. The molecule has 0 atom stereocenters. The van der Waals surface area contributed by atoms with Crippen molar-refractivity contribution in [3.63, 3.8) is 0 Å². The van der Waals surface area contributed by atoms with Gasteiger partial charge < -0.3 is 19.3 Å². The molecule has 0 amide bonds. The van der Waals surface area contributed by atoms with E-state index < -0.39 is 5.97 Å². The van der Waals surface area contributed by atoms with Crippen molar-refractivity contribution >= 4 is 68.6 Å². The number of esters is 1. The van der Waals surface area contributed by atoms with E-state index in [-0.39, 0.29) is 24.8 Å².